The second-order valence-corrected chi connectivity index (χ2v) is 12.1. The van der Waals surface area contributed by atoms with Gasteiger partial charge in [-0.2, -0.15) is 0 Å². The molecule has 7 rings (SSSR count). The number of imidazole rings is 1. The van der Waals surface area contributed by atoms with Crippen molar-refractivity contribution in [2.75, 3.05) is 24.3 Å². The number of hydrogen-bond donors (Lipinski definition) is 3. The molecule has 7 nitrogen and oxygen atoms in total. The number of amides is 1. The smallest absolute Gasteiger partial charge is 0.335 e. The fraction of sp³-hybridized carbons (Fsp3) is 0.452. The average molecular weight is 513 g/mol. The third kappa shape index (κ3) is 4.82. The summed E-state index contributed by atoms with van der Waals surface area (Å²) in [6.07, 6.45) is 10.1. The first kappa shape index (κ1) is 24.7. The number of aromatic carboxylic acids is 1. The lowest BCUT2D eigenvalue weighted by atomic mass is 9.48. The zero-order valence-corrected chi connectivity index (χ0v) is 22.2. The quantitative estimate of drug-likeness (QED) is 0.332. The van der Waals surface area contributed by atoms with E-state index in [2.05, 4.69) is 10.3 Å². The standard InChI is InChI=1S/C31H36N4O3/c1-35(2)25-8-6-22(7-9-25)28-33-26(10-11-31-16-19-12-20(17-31)14-21(13-19)18-31)27(34-28)29(36)32-24-5-3-4-23(15-24)30(37)38/h3-9,15,19-21H,10-14,16-18H2,1-2H3,(H,32,36)(H,33,34)(H,37,38). The van der Waals surface area contributed by atoms with E-state index in [0.29, 0.717) is 22.6 Å². The van der Waals surface area contributed by atoms with Crippen LogP contribution in [0.5, 0.6) is 0 Å². The number of aromatic amines is 1. The predicted molar refractivity (Wildman–Crippen MR) is 149 cm³/mol. The van der Waals surface area contributed by atoms with Crippen molar-refractivity contribution in [2.45, 2.75) is 51.4 Å². The lowest BCUT2D eigenvalue weighted by molar-refractivity contribution is -0.0570. The van der Waals surface area contributed by atoms with Crippen LogP contribution in [-0.2, 0) is 6.42 Å². The molecule has 3 N–H and O–H groups in total. The number of carboxylic acid groups (broad SMARTS) is 1. The third-order valence-electron chi connectivity index (χ3n) is 9.09. The van der Waals surface area contributed by atoms with Crippen LogP contribution < -0.4 is 10.2 Å². The number of nitrogens with zero attached hydrogens (tertiary/aromatic N) is 2. The maximum Gasteiger partial charge on any atom is 0.335 e. The molecule has 3 aromatic rings. The number of aryl methyl sites for hydroxylation is 1. The van der Waals surface area contributed by atoms with Crippen molar-refractivity contribution >= 4 is 23.3 Å². The summed E-state index contributed by atoms with van der Waals surface area (Å²) in [7, 11) is 4.01. The van der Waals surface area contributed by atoms with Crippen molar-refractivity contribution in [1.29, 1.82) is 0 Å². The zero-order chi connectivity index (χ0) is 26.4. The Morgan fingerprint density at radius 2 is 1.68 bits per heavy atom. The van der Waals surface area contributed by atoms with Crippen LogP contribution in [0.1, 0.15) is 71.5 Å². The number of carboxylic acids is 1. The Balaban J connectivity index is 1.28. The van der Waals surface area contributed by atoms with Crippen LogP contribution in [-0.4, -0.2) is 41.0 Å². The van der Waals surface area contributed by atoms with E-state index in [0.717, 1.165) is 47.5 Å². The highest BCUT2D eigenvalue weighted by molar-refractivity contribution is 6.04. The first-order chi connectivity index (χ1) is 18.3. The summed E-state index contributed by atoms with van der Waals surface area (Å²) in [5, 5.41) is 12.2. The third-order valence-corrected chi connectivity index (χ3v) is 9.09. The van der Waals surface area contributed by atoms with Gasteiger partial charge in [-0.1, -0.05) is 6.07 Å². The van der Waals surface area contributed by atoms with Gasteiger partial charge >= 0.3 is 5.97 Å². The monoisotopic (exact) mass is 512 g/mol. The topological polar surface area (TPSA) is 98.3 Å². The van der Waals surface area contributed by atoms with Crippen LogP contribution in [0.2, 0.25) is 0 Å². The number of nitrogens with one attached hydrogen (secondary N) is 2. The fourth-order valence-electron chi connectivity index (χ4n) is 7.74. The number of aromatic nitrogens is 2. The van der Waals surface area contributed by atoms with Gasteiger partial charge in [0.1, 0.15) is 11.5 Å². The number of anilines is 2. The summed E-state index contributed by atoms with van der Waals surface area (Å²) in [4.78, 5) is 35.2. The fourth-order valence-corrected chi connectivity index (χ4v) is 7.74. The molecule has 0 unspecified atom stereocenters. The Morgan fingerprint density at radius 3 is 2.29 bits per heavy atom. The summed E-state index contributed by atoms with van der Waals surface area (Å²) in [6, 6.07) is 14.5. The van der Waals surface area contributed by atoms with Gasteiger partial charge in [0.05, 0.1) is 5.56 Å². The Hall–Kier alpha value is -3.61. The Labute approximate surface area is 223 Å². The molecular weight excluding hydrogens is 476 g/mol. The van der Waals surface area contributed by atoms with Gasteiger partial charge in [0.2, 0.25) is 0 Å². The average Bonchev–Trinajstić information content (AvgIpc) is 3.32. The second-order valence-electron chi connectivity index (χ2n) is 12.1. The summed E-state index contributed by atoms with van der Waals surface area (Å²) < 4.78 is 0. The molecule has 0 spiro atoms. The maximum atomic E-state index is 13.5. The largest absolute Gasteiger partial charge is 0.478 e. The van der Waals surface area contributed by atoms with Gasteiger partial charge in [-0.3, -0.25) is 4.79 Å². The first-order valence-corrected chi connectivity index (χ1v) is 13.8. The molecule has 4 saturated carbocycles. The molecule has 0 atom stereocenters. The van der Waals surface area contributed by atoms with Crippen LogP contribution in [0, 0.1) is 23.2 Å². The highest BCUT2D eigenvalue weighted by atomic mass is 16.4. The minimum atomic E-state index is -1.03. The molecule has 198 valence electrons. The lowest BCUT2D eigenvalue weighted by Crippen LogP contribution is -2.46. The van der Waals surface area contributed by atoms with Crippen molar-refractivity contribution in [3.63, 3.8) is 0 Å². The molecule has 4 fully saturated rings. The maximum absolute atomic E-state index is 13.5. The minimum absolute atomic E-state index is 0.133. The van der Waals surface area contributed by atoms with E-state index >= 15 is 0 Å². The molecule has 1 aromatic heterocycles. The minimum Gasteiger partial charge on any atom is -0.478 e. The second kappa shape index (κ2) is 9.61. The van der Waals surface area contributed by atoms with Crippen molar-refractivity contribution < 1.29 is 14.7 Å². The molecule has 0 saturated heterocycles. The van der Waals surface area contributed by atoms with Gasteiger partial charge in [0.15, 0.2) is 0 Å². The van der Waals surface area contributed by atoms with E-state index < -0.39 is 5.97 Å². The number of carbonyl (C=O) groups excluding carboxylic acids is 1. The SMILES string of the molecule is CN(C)c1ccc(-c2nc(C(=O)Nc3cccc(C(=O)O)c3)c(CCC34CC5CC(CC(C5)C3)C4)[nH]2)cc1. The number of hydrogen-bond acceptors (Lipinski definition) is 4. The van der Waals surface area contributed by atoms with Gasteiger partial charge in [-0.05, 0) is 117 Å². The summed E-state index contributed by atoms with van der Waals surface area (Å²) in [6.45, 7) is 0. The number of rotatable bonds is 8. The van der Waals surface area contributed by atoms with Gasteiger partial charge in [0, 0.05) is 36.7 Å². The summed E-state index contributed by atoms with van der Waals surface area (Å²) in [5.41, 5.74) is 4.26. The molecule has 1 heterocycles. The Kier molecular flexibility index (Phi) is 6.25. The first-order valence-electron chi connectivity index (χ1n) is 13.8. The molecule has 2 aromatic carbocycles. The molecule has 4 bridgehead atoms. The lowest BCUT2D eigenvalue weighted by Gasteiger charge is -2.57. The van der Waals surface area contributed by atoms with Crippen LogP contribution in [0.3, 0.4) is 0 Å². The van der Waals surface area contributed by atoms with Gasteiger partial charge in [-0.25, -0.2) is 9.78 Å². The highest BCUT2D eigenvalue weighted by Gasteiger charge is 2.50. The molecule has 0 aliphatic heterocycles. The Morgan fingerprint density at radius 1 is 1.03 bits per heavy atom. The van der Waals surface area contributed by atoms with Crippen molar-refractivity contribution in [2.24, 2.45) is 23.2 Å². The van der Waals surface area contributed by atoms with Crippen molar-refractivity contribution in [3.8, 4) is 11.4 Å². The van der Waals surface area contributed by atoms with Gasteiger partial charge in [-0.15, -0.1) is 0 Å². The van der Waals surface area contributed by atoms with Crippen LogP contribution in [0.25, 0.3) is 11.4 Å². The summed E-state index contributed by atoms with van der Waals surface area (Å²) >= 11 is 0. The molecule has 4 aliphatic carbocycles. The molecule has 4 aliphatic rings. The highest BCUT2D eigenvalue weighted by Crippen LogP contribution is 2.61. The van der Waals surface area contributed by atoms with Crippen LogP contribution in [0.4, 0.5) is 11.4 Å². The molecule has 38 heavy (non-hydrogen) atoms. The van der Waals surface area contributed by atoms with E-state index in [1.165, 1.54) is 50.7 Å². The number of benzene rings is 2. The number of carbonyl (C=O) groups is 2. The van der Waals surface area contributed by atoms with Crippen LogP contribution >= 0.6 is 0 Å². The van der Waals surface area contributed by atoms with E-state index in [1.807, 2.05) is 43.3 Å². The van der Waals surface area contributed by atoms with Crippen molar-refractivity contribution in [1.82, 2.24) is 9.97 Å². The normalized spacial score (nSPS) is 25.4. The van der Waals surface area contributed by atoms with E-state index in [-0.39, 0.29) is 11.5 Å². The Bertz CT molecular complexity index is 1320. The van der Waals surface area contributed by atoms with E-state index in [9.17, 15) is 14.7 Å². The summed E-state index contributed by atoms with van der Waals surface area (Å²) in [5.74, 6) is 2.00. The van der Waals surface area contributed by atoms with Crippen LogP contribution in [0.15, 0.2) is 48.5 Å². The van der Waals surface area contributed by atoms with E-state index in [1.54, 1.807) is 12.1 Å². The van der Waals surface area contributed by atoms with Gasteiger partial charge in [0.25, 0.3) is 5.91 Å². The zero-order valence-electron chi connectivity index (χ0n) is 22.2. The van der Waals surface area contributed by atoms with E-state index in [4.69, 9.17) is 4.98 Å². The molecule has 1 amide bonds. The van der Waals surface area contributed by atoms with Crippen molar-refractivity contribution in [3.05, 3.63) is 65.5 Å². The number of H-pyrrole nitrogens is 1. The molecule has 0 radical (unpaired) electrons. The molecule has 7 heteroatoms. The predicted octanol–water partition coefficient (Wildman–Crippen LogP) is 6.24. The van der Waals surface area contributed by atoms with Gasteiger partial charge < -0.3 is 20.3 Å². The molecular formula is C31H36N4O3.